The fourth-order valence-corrected chi connectivity index (χ4v) is 0.762. The van der Waals surface area contributed by atoms with Crippen LogP contribution < -0.4 is 0 Å². The maximum absolute atomic E-state index is 10.0. The van der Waals surface area contributed by atoms with Crippen LogP contribution in [-0.4, -0.2) is 22.2 Å². The summed E-state index contributed by atoms with van der Waals surface area (Å²) < 4.78 is 0. The number of nitro groups is 1. The Kier molecular flexibility index (Phi) is 2.47. The van der Waals surface area contributed by atoms with Gasteiger partial charge >= 0.3 is 0 Å². The average Bonchev–Trinajstić information content (AvgIpc) is 2.05. The standard InChI is InChI=1S/C7H7N3O2/c8-7(5-10(11)12)6-2-1-3-9-4-6/h1-4,8H,5H2. The summed E-state index contributed by atoms with van der Waals surface area (Å²) in [6, 6.07) is 3.27. The molecular formula is C7H7N3O2. The van der Waals surface area contributed by atoms with Crippen molar-refractivity contribution >= 4 is 5.71 Å². The molecule has 5 nitrogen and oxygen atoms in total. The van der Waals surface area contributed by atoms with Gasteiger partial charge in [0.2, 0.25) is 6.54 Å². The molecule has 0 saturated carbocycles. The Morgan fingerprint density at radius 2 is 2.50 bits per heavy atom. The van der Waals surface area contributed by atoms with Gasteiger partial charge in [-0.15, -0.1) is 0 Å². The van der Waals surface area contributed by atoms with E-state index < -0.39 is 11.5 Å². The van der Waals surface area contributed by atoms with Gasteiger partial charge in [0.05, 0.1) is 0 Å². The van der Waals surface area contributed by atoms with E-state index in [9.17, 15) is 10.1 Å². The Morgan fingerprint density at radius 1 is 1.75 bits per heavy atom. The summed E-state index contributed by atoms with van der Waals surface area (Å²) in [6.45, 7) is -0.453. The topological polar surface area (TPSA) is 79.9 Å². The first-order valence-corrected chi connectivity index (χ1v) is 3.30. The van der Waals surface area contributed by atoms with Gasteiger partial charge < -0.3 is 0 Å². The molecule has 1 aromatic heterocycles. The van der Waals surface area contributed by atoms with Crippen molar-refractivity contribution in [3.8, 4) is 0 Å². The summed E-state index contributed by atoms with van der Waals surface area (Å²) in [5.41, 5.74) is 0.474. The molecule has 1 heterocycles. The van der Waals surface area contributed by atoms with E-state index in [1.54, 1.807) is 18.3 Å². The van der Waals surface area contributed by atoms with Crippen molar-refractivity contribution in [2.75, 3.05) is 6.54 Å². The average molecular weight is 165 g/mol. The lowest BCUT2D eigenvalue weighted by atomic mass is 10.2. The number of hydrogen-bond donors (Lipinski definition) is 1. The zero-order chi connectivity index (χ0) is 8.97. The smallest absolute Gasteiger partial charge is 0.245 e. The number of rotatable bonds is 3. The van der Waals surface area contributed by atoms with Crippen LogP contribution in [0.2, 0.25) is 0 Å². The van der Waals surface area contributed by atoms with Crippen molar-refractivity contribution in [1.82, 2.24) is 4.98 Å². The van der Waals surface area contributed by atoms with Crippen molar-refractivity contribution in [2.45, 2.75) is 0 Å². The molecule has 0 aliphatic carbocycles. The molecule has 1 N–H and O–H groups in total. The van der Waals surface area contributed by atoms with Gasteiger partial charge in [-0.2, -0.15) is 0 Å². The third-order valence-corrected chi connectivity index (χ3v) is 1.30. The summed E-state index contributed by atoms with van der Waals surface area (Å²) in [4.78, 5) is 13.2. The van der Waals surface area contributed by atoms with E-state index in [1.807, 2.05) is 0 Å². The van der Waals surface area contributed by atoms with Crippen LogP contribution in [0.5, 0.6) is 0 Å². The van der Waals surface area contributed by atoms with Gasteiger partial charge in [0.15, 0.2) is 0 Å². The monoisotopic (exact) mass is 165 g/mol. The zero-order valence-electron chi connectivity index (χ0n) is 6.23. The first-order chi connectivity index (χ1) is 5.70. The van der Waals surface area contributed by atoms with Crippen LogP contribution in [-0.2, 0) is 0 Å². The number of aromatic nitrogens is 1. The predicted molar refractivity (Wildman–Crippen MR) is 42.9 cm³/mol. The van der Waals surface area contributed by atoms with E-state index in [0.29, 0.717) is 5.56 Å². The van der Waals surface area contributed by atoms with Crippen molar-refractivity contribution < 1.29 is 4.92 Å². The second-order valence-corrected chi connectivity index (χ2v) is 2.21. The summed E-state index contributed by atoms with van der Waals surface area (Å²) in [7, 11) is 0. The minimum atomic E-state index is -0.532. The first-order valence-electron chi connectivity index (χ1n) is 3.30. The van der Waals surface area contributed by atoms with Crippen LogP contribution >= 0.6 is 0 Å². The lowest BCUT2D eigenvalue weighted by Crippen LogP contribution is -2.13. The Hall–Kier alpha value is -1.78. The fourth-order valence-electron chi connectivity index (χ4n) is 0.762. The molecule has 1 aromatic rings. The highest BCUT2D eigenvalue weighted by atomic mass is 16.6. The number of pyridine rings is 1. The number of hydrogen-bond acceptors (Lipinski definition) is 4. The Balaban J connectivity index is 2.73. The molecule has 0 unspecified atom stereocenters. The van der Waals surface area contributed by atoms with Gasteiger partial charge in [0.1, 0.15) is 5.71 Å². The number of nitrogens with zero attached hydrogens (tertiary/aromatic N) is 2. The third kappa shape index (κ3) is 2.12. The molecule has 62 valence electrons. The van der Waals surface area contributed by atoms with Gasteiger partial charge in [-0.05, 0) is 12.1 Å². The molecule has 0 bridgehead atoms. The van der Waals surface area contributed by atoms with E-state index in [0.717, 1.165) is 0 Å². The second-order valence-electron chi connectivity index (χ2n) is 2.21. The molecule has 0 fully saturated rings. The quantitative estimate of drug-likeness (QED) is 0.407. The zero-order valence-corrected chi connectivity index (χ0v) is 6.23. The highest BCUT2D eigenvalue weighted by Gasteiger charge is 2.06. The van der Waals surface area contributed by atoms with Gasteiger partial charge in [-0.1, -0.05) is 0 Å². The molecule has 0 atom stereocenters. The maximum atomic E-state index is 10.0. The largest absolute Gasteiger partial charge is 0.298 e. The molecule has 0 saturated heterocycles. The maximum Gasteiger partial charge on any atom is 0.245 e. The van der Waals surface area contributed by atoms with Crippen molar-refractivity contribution in [1.29, 1.82) is 5.41 Å². The SMILES string of the molecule is N=C(C[N+](=O)[O-])c1cccnc1. The Labute approximate surface area is 68.7 Å². The fraction of sp³-hybridized carbons (Fsp3) is 0.143. The molecule has 0 radical (unpaired) electrons. The second kappa shape index (κ2) is 3.56. The van der Waals surface area contributed by atoms with Crippen molar-refractivity contribution in [3.05, 3.63) is 40.2 Å². The van der Waals surface area contributed by atoms with Crippen LogP contribution in [0.15, 0.2) is 24.5 Å². The van der Waals surface area contributed by atoms with Crippen molar-refractivity contribution in [3.63, 3.8) is 0 Å². The van der Waals surface area contributed by atoms with Crippen molar-refractivity contribution in [2.24, 2.45) is 0 Å². The molecule has 0 amide bonds. The Bertz CT molecular complexity index is 297. The lowest BCUT2D eigenvalue weighted by Gasteiger charge is -1.96. The van der Waals surface area contributed by atoms with Gasteiger partial charge in [-0.3, -0.25) is 20.5 Å². The Morgan fingerprint density at radius 3 is 3.00 bits per heavy atom. The lowest BCUT2D eigenvalue weighted by molar-refractivity contribution is -0.463. The van der Waals surface area contributed by atoms with Crippen LogP contribution in [0.25, 0.3) is 0 Å². The minimum Gasteiger partial charge on any atom is -0.298 e. The van der Waals surface area contributed by atoms with E-state index in [2.05, 4.69) is 4.98 Å². The van der Waals surface area contributed by atoms with Gasteiger partial charge in [0.25, 0.3) is 0 Å². The summed E-state index contributed by atoms with van der Waals surface area (Å²) in [5.74, 6) is 0. The van der Waals surface area contributed by atoms with Crippen LogP contribution in [0.4, 0.5) is 0 Å². The molecule has 0 aromatic carbocycles. The number of nitrogens with one attached hydrogen (secondary N) is 1. The molecule has 1 rings (SSSR count). The molecule has 0 aliphatic rings. The molecule has 12 heavy (non-hydrogen) atoms. The third-order valence-electron chi connectivity index (χ3n) is 1.30. The summed E-state index contributed by atoms with van der Waals surface area (Å²) in [5, 5.41) is 17.3. The highest BCUT2D eigenvalue weighted by Crippen LogP contribution is 1.96. The van der Waals surface area contributed by atoms with Crippen LogP contribution in [0.3, 0.4) is 0 Å². The van der Waals surface area contributed by atoms with Crippen LogP contribution in [0.1, 0.15) is 5.56 Å². The van der Waals surface area contributed by atoms with E-state index in [1.165, 1.54) is 6.20 Å². The van der Waals surface area contributed by atoms with Crippen LogP contribution in [0, 0.1) is 15.5 Å². The molecular weight excluding hydrogens is 158 g/mol. The van der Waals surface area contributed by atoms with Gasteiger partial charge in [-0.25, -0.2) is 0 Å². The van der Waals surface area contributed by atoms with E-state index >= 15 is 0 Å². The summed E-state index contributed by atoms with van der Waals surface area (Å²) in [6.07, 6.45) is 2.99. The van der Waals surface area contributed by atoms with E-state index in [-0.39, 0.29) is 5.71 Å². The molecule has 0 aliphatic heterocycles. The molecule has 5 heteroatoms. The predicted octanol–water partition coefficient (Wildman–Crippen LogP) is 0.726. The van der Waals surface area contributed by atoms with Gasteiger partial charge in [0, 0.05) is 22.9 Å². The van der Waals surface area contributed by atoms with E-state index in [4.69, 9.17) is 5.41 Å². The minimum absolute atomic E-state index is 0.0203. The summed E-state index contributed by atoms with van der Waals surface area (Å²) >= 11 is 0. The highest BCUT2D eigenvalue weighted by molar-refractivity contribution is 5.98. The normalized spacial score (nSPS) is 9.33. The molecule has 0 spiro atoms. The first kappa shape index (κ1) is 8.32.